The SMILES string of the molecule is C[C@H](N[C@H](C)c1cc(C(F)(F)F)cc(C(F)(F)F)c1)c1ccccc1. The molecule has 0 aromatic heterocycles. The van der Waals surface area contributed by atoms with Gasteiger partial charge in [-0.2, -0.15) is 26.3 Å². The zero-order valence-corrected chi connectivity index (χ0v) is 13.5. The van der Waals surface area contributed by atoms with Gasteiger partial charge < -0.3 is 5.32 Å². The van der Waals surface area contributed by atoms with Gasteiger partial charge in [0.2, 0.25) is 0 Å². The molecule has 0 aliphatic heterocycles. The number of benzene rings is 2. The van der Waals surface area contributed by atoms with Crippen molar-refractivity contribution < 1.29 is 26.3 Å². The molecule has 0 radical (unpaired) electrons. The van der Waals surface area contributed by atoms with E-state index >= 15 is 0 Å². The largest absolute Gasteiger partial charge is 0.416 e. The Labute approximate surface area is 141 Å². The van der Waals surface area contributed by atoms with Gasteiger partial charge in [0.05, 0.1) is 11.1 Å². The standard InChI is InChI=1S/C18H17F6N/c1-11(13-6-4-3-5-7-13)25-12(2)14-8-15(17(19,20)21)10-16(9-14)18(22,23)24/h3-12,25H,1-2H3/t11-,12+/m0/s1. The van der Waals surface area contributed by atoms with Crippen LogP contribution >= 0.6 is 0 Å². The highest BCUT2D eigenvalue weighted by Gasteiger charge is 2.37. The Hall–Kier alpha value is -2.02. The van der Waals surface area contributed by atoms with Gasteiger partial charge in [-0.15, -0.1) is 0 Å². The van der Waals surface area contributed by atoms with Crippen molar-refractivity contribution in [2.75, 3.05) is 0 Å². The number of alkyl halides is 6. The maximum atomic E-state index is 12.9. The van der Waals surface area contributed by atoms with Crippen molar-refractivity contribution in [1.29, 1.82) is 0 Å². The summed E-state index contributed by atoms with van der Waals surface area (Å²) < 4.78 is 77.6. The van der Waals surface area contributed by atoms with Crippen molar-refractivity contribution in [3.63, 3.8) is 0 Å². The van der Waals surface area contributed by atoms with Crippen molar-refractivity contribution in [1.82, 2.24) is 5.32 Å². The maximum Gasteiger partial charge on any atom is 0.416 e. The molecule has 136 valence electrons. The highest BCUT2D eigenvalue weighted by atomic mass is 19.4. The van der Waals surface area contributed by atoms with E-state index in [1.165, 1.54) is 6.92 Å². The normalized spacial score (nSPS) is 15.0. The maximum absolute atomic E-state index is 12.9. The molecule has 7 heteroatoms. The minimum atomic E-state index is -4.85. The second-order valence-corrected chi connectivity index (χ2v) is 5.86. The number of hydrogen-bond donors (Lipinski definition) is 1. The van der Waals surface area contributed by atoms with Crippen LogP contribution in [0, 0.1) is 0 Å². The number of rotatable bonds is 4. The van der Waals surface area contributed by atoms with Gasteiger partial charge in [0, 0.05) is 12.1 Å². The third kappa shape index (κ3) is 4.98. The minimum absolute atomic E-state index is 0.0649. The van der Waals surface area contributed by atoms with Crippen molar-refractivity contribution in [2.45, 2.75) is 38.3 Å². The quantitative estimate of drug-likeness (QED) is 0.646. The van der Waals surface area contributed by atoms with E-state index in [9.17, 15) is 26.3 Å². The first kappa shape index (κ1) is 19.3. The molecule has 0 spiro atoms. The van der Waals surface area contributed by atoms with Crippen LogP contribution in [0.3, 0.4) is 0 Å². The molecule has 0 aliphatic carbocycles. The average Bonchev–Trinajstić information content (AvgIpc) is 2.53. The lowest BCUT2D eigenvalue weighted by Gasteiger charge is -2.23. The van der Waals surface area contributed by atoms with E-state index in [0.717, 1.165) is 17.7 Å². The van der Waals surface area contributed by atoms with Crippen LogP contribution in [0.1, 0.15) is 48.2 Å². The van der Waals surface area contributed by atoms with Gasteiger partial charge in [0.1, 0.15) is 0 Å². The summed E-state index contributed by atoms with van der Waals surface area (Å²) >= 11 is 0. The highest BCUT2D eigenvalue weighted by Crippen LogP contribution is 2.37. The van der Waals surface area contributed by atoms with E-state index in [1.54, 1.807) is 6.92 Å². The van der Waals surface area contributed by atoms with Crippen LogP contribution in [0.4, 0.5) is 26.3 Å². The molecule has 0 saturated heterocycles. The van der Waals surface area contributed by atoms with Gasteiger partial charge in [-0.1, -0.05) is 30.3 Å². The molecule has 0 unspecified atom stereocenters. The molecule has 1 N–H and O–H groups in total. The predicted molar refractivity (Wildman–Crippen MR) is 82.9 cm³/mol. The molecule has 2 aromatic rings. The molecule has 2 atom stereocenters. The molecule has 0 bridgehead atoms. The fourth-order valence-corrected chi connectivity index (χ4v) is 2.54. The number of hydrogen-bond acceptors (Lipinski definition) is 1. The topological polar surface area (TPSA) is 12.0 Å². The Morgan fingerprint density at radius 2 is 1.12 bits per heavy atom. The van der Waals surface area contributed by atoms with E-state index < -0.39 is 29.5 Å². The van der Waals surface area contributed by atoms with E-state index in [0.29, 0.717) is 0 Å². The molecule has 0 heterocycles. The molecular weight excluding hydrogens is 344 g/mol. The Bertz CT molecular complexity index is 673. The monoisotopic (exact) mass is 361 g/mol. The lowest BCUT2D eigenvalue weighted by Crippen LogP contribution is -2.23. The van der Waals surface area contributed by atoms with Gasteiger partial charge in [-0.05, 0) is 43.2 Å². The van der Waals surface area contributed by atoms with E-state index in [1.807, 2.05) is 30.3 Å². The van der Waals surface area contributed by atoms with Gasteiger partial charge in [-0.3, -0.25) is 0 Å². The zero-order valence-electron chi connectivity index (χ0n) is 13.5. The van der Waals surface area contributed by atoms with Crippen LogP contribution in [0.15, 0.2) is 48.5 Å². The fourth-order valence-electron chi connectivity index (χ4n) is 2.54. The van der Waals surface area contributed by atoms with Crippen molar-refractivity contribution in [3.05, 3.63) is 70.8 Å². The molecule has 1 nitrogen and oxygen atoms in total. The lowest BCUT2D eigenvalue weighted by atomic mass is 9.99. The van der Waals surface area contributed by atoms with Crippen LogP contribution in [0.5, 0.6) is 0 Å². The number of halogens is 6. The minimum Gasteiger partial charge on any atom is -0.304 e. The van der Waals surface area contributed by atoms with Crippen LogP contribution in [0.25, 0.3) is 0 Å². The van der Waals surface area contributed by atoms with Gasteiger partial charge in [0.15, 0.2) is 0 Å². The molecule has 25 heavy (non-hydrogen) atoms. The van der Waals surface area contributed by atoms with Crippen LogP contribution in [0.2, 0.25) is 0 Å². The summed E-state index contributed by atoms with van der Waals surface area (Å²) in [5.41, 5.74) is -1.79. The van der Waals surface area contributed by atoms with Crippen LogP contribution < -0.4 is 5.32 Å². The van der Waals surface area contributed by atoms with Gasteiger partial charge >= 0.3 is 12.4 Å². The highest BCUT2D eigenvalue weighted by molar-refractivity contribution is 5.35. The van der Waals surface area contributed by atoms with E-state index in [-0.39, 0.29) is 17.7 Å². The fraction of sp³-hybridized carbons (Fsp3) is 0.333. The smallest absolute Gasteiger partial charge is 0.304 e. The Morgan fingerprint density at radius 3 is 1.56 bits per heavy atom. The third-order valence-electron chi connectivity index (χ3n) is 3.91. The first-order valence-electron chi connectivity index (χ1n) is 7.59. The Morgan fingerprint density at radius 1 is 0.680 bits per heavy atom. The molecule has 0 saturated carbocycles. The summed E-state index contributed by atoms with van der Waals surface area (Å²) in [6, 6.07) is 9.82. The second kappa shape index (κ2) is 7.07. The first-order chi connectivity index (χ1) is 11.5. The van der Waals surface area contributed by atoms with Crippen LogP contribution in [-0.4, -0.2) is 0 Å². The summed E-state index contributed by atoms with van der Waals surface area (Å²) in [6.45, 7) is 3.33. The summed E-state index contributed by atoms with van der Waals surface area (Å²) in [6.07, 6.45) is -9.69. The summed E-state index contributed by atoms with van der Waals surface area (Å²) in [4.78, 5) is 0. The molecule has 0 amide bonds. The molecule has 0 aliphatic rings. The molecule has 2 aromatic carbocycles. The van der Waals surface area contributed by atoms with E-state index in [2.05, 4.69) is 5.32 Å². The lowest BCUT2D eigenvalue weighted by molar-refractivity contribution is -0.143. The Kier molecular flexibility index (Phi) is 5.46. The van der Waals surface area contributed by atoms with Crippen molar-refractivity contribution in [2.24, 2.45) is 0 Å². The van der Waals surface area contributed by atoms with Crippen molar-refractivity contribution in [3.8, 4) is 0 Å². The van der Waals surface area contributed by atoms with Gasteiger partial charge in [0.25, 0.3) is 0 Å². The first-order valence-corrected chi connectivity index (χ1v) is 7.59. The summed E-state index contributed by atoms with van der Waals surface area (Å²) in [5, 5.41) is 3.04. The molecule has 0 fully saturated rings. The molecular formula is C18H17F6N. The Balaban J connectivity index is 2.33. The molecule has 2 rings (SSSR count). The zero-order chi connectivity index (χ0) is 18.8. The summed E-state index contributed by atoms with van der Waals surface area (Å²) in [5.74, 6) is 0. The number of nitrogens with one attached hydrogen (secondary N) is 1. The third-order valence-corrected chi connectivity index (χ3v) is 3.91. The average molecular weight is 361 g/mol. The van der Waals surface area contributed by atoms with Crippen LogP contribution in [-0.2, 0) is 12.4 Å². The summed E-state index contributed by atoms with van der Waals surface area (Å²) in [7, 11) is 0. The predicted octanol–water partition coefficient (Wildman–Crippen LogP) is 6.14. The van der Waals surface area contributed by atoms with E-state index in [4.69, 9.17) is 0 Å². The van der Waals surface area contributed by atoms with Gasteiger partial charge in [-0.25, -0.2) is 0 Å². The van der Waals surface area contributed by atoms with Crippen molar-refractivity contribution >= 4 is 0 Å². The second-order valence-electron chi connectivity index (χ2n) is 5.86.